The molecule has 1 aliphatic rings. The largest absolute Gasteiger partial charge is 0.335 e. The second-order valence-corrected chi connectivity index (χ2v) is 6.87. The van der Waals surface area contributed by atoms with Gasteiger partial charge in [-0.3, -0.25) is 15.1 Å². The zero-order valence-electron chi connectivity index (χ0n) is 15.3. The highest BCUT2D eigenvalue weighted by atomic mass is 15.1. The molecule has 0 radical (unpaired) electrons. The standard InChI is InChI=1S/C22H15N7/c1-2-5-13(4-1)15-7-9-24-21-19(15)26-22(27-21)20-16-10-17(14-6-3-8-23-11-14)25-12-18(16)28-29-20/h1,3-12H,2H2,(H,28,29)(H,24,26,27). The van der Waals surface area contributed by atoms with Gasteiger partial charge in [-0.15, -0.1) is 0 Å². The molecule has 0 fully saturated rings. The van der Waals surface area contributed by atoms with Crippen LogP contribution < -0.4 is 0 Å². The Morgan fingerprint density at radius 3 is 2.90 bits per heavy atom. The predicted molar refractivity (Wildman–Crippen MR) is 112 cm³/mol. The Kier molecular flexibility index (Phi) is 3.40. The van der Waals surface area contributed by atoms with Crippen molar-refractivity contribution < 1.29 is 0 Å². The highest BCUT2D eigenvalue weighted by molar-refractivity contribution is 5.96. The lowest BCUT2D eigenvalue weighted by Gasteiger charge is -2.01. The van der Waals surface area contributed by atoms with Crippen LogP contribution in [-0.4, -0.2) is 35.1 Å². The van der Waals surface area contributed by atoms with Gasteiger partial charge in [0.25, 0.3) is 0 Å². The summed E-state index contributed by atoms with van der Waals surface area (Å²) in [5.41, 5.74) is 7.26. The average molecular weight is 377 g/mol. The Labute approximate surface area is 165 Å². The molecule has 5 aromatic heterocycles. The Hall–Kier alpha value is -4.13. The molecule has 5 heterocycles. The molecule has 0 aromatic carbocycles. The van der Waals surface area contributed by atoms with E-state index in [-0.39, 0.29) is 0 Å². The molecule has 0 unspecified atom stereocenters. The molecule has 0 bridgehead atoms. The van der Waals surface area contributed by atoms with Crippen molar-refractivity contribution in [3.05, 3.63) is 72.8 Å². The van der Waals surface area contributed by atoms with Crippen molar-refractivity contribution in [1.29, 1.82) is 0 Å². The van der Waals surface area contributed by atoms with Gasteiger partial charge in [0.05, 0.1) is 22.9 Å². The van der Waals surface area contributed by atoms with E-state index >= 15 is 0 Å². The van der Waals surface area contributed by atoms with E-state index < -0.39 is 0 Å². The van der Waals surface area contributed by atoms with Crippen molar-refractivity contribution in [2.24, 2.45) is 0 Å². The average Bonchev–Trinajstić information content (AvgIpc) is 3.52. The lowest BCUT2D eigenvalue weighted by atomic mass is 10.1. The molecular formula is C22H15N7. The van der Waals surface area contributed by atoms with Gasteiger partial charge in [-0.25, -0.2) is 9.97 Å². The van der Waals surface area contributed by atoms with E-state index in [1.54, 1.807) is 24.8 Å². The molecule has 7 nitrogen and oxygen atoms in total. The summed E-state index contributed by atoms with van der Waals surface area (Å²) in [6.45, 7) is 0. The van der Waals surface area contributed by atoms with Crippen LogP contribution in [0.5, 0.6) is 0 Å². The molecule has 2 N–H and O–H groups in total. The van der Waals surface area contributed by atoms with Gasteiger partial charge in [0, 0.05) is 35.1 Å². The minimum atomic E-state index is 0.677. The van der Waals surface area contributed by atoms with Crippen LogP contribution in [0.2, 0.25) is 0 Å². The number of allylic oxidation sites excluding steroid dienone is 4. The number of fused-ring (bicyclic) bond motifs is 2. The monoisotopic (exact) mass is 377 g/mol. The van der Waals surface area contributed by atoms with E-state index in [2.05, 4.69) is 48.4 Å². The van der Waals surface area contributed by atoms with Crippen LogP contribution in [0.1, 0.15) is 12.0 Å². The first-order valence-electron chi connectivity index (χ1n) is 9.33. The lowest BCUT2D eigenvalue weighted by Crippen LogP contribution is -1.86. The molecule has 29 heavy (non-hydrogen) atoms. The topological polar surface area (TPSA) is 96.0 Å². The van der Waals surface area contributed by atoms with E-state index in [4.69, 9.17) is 4.98 Å². The molecule has 0 aliphatic heterocycles. The number of nitrogens with one attached hydrogen (secondary N) is 2. The highest BCUT2D eigenvalue weighted by Crippen LogP contribution is 2.31. The van der Waals surface area contributed by atoms with Gasteiger partial charge in [0.15, 0.2) is 11.5 Å². The van der Waals surface area contributed by atoms with Crippen molar-refractivity contribution in [1.82, 2.24) is 35.1 Å². The maximum atomic E-state index is 4.71. The third kappa shape index (κ3) is 2.55. The van der Waals surface area contributed by atoms with Crippen LogP contribution in [-0.2, 0) is 0 Å². The number of pyridine rings is 3. The summed E-state index contributed by atoms with van der Waals surface area (Å²) < 4.78 is 0. The predicted octanol–water partition coefficient (Wildman–Crippen LogP) is 4.30. The van der Waals surface area contributed by atoms with Crippen LogP contribution in [0, 0.1) is 0 Å². The van der Waals surface area contributed by atoms with Crippen molar-refractivity contribution in [2.75, 3.05) is 0 Å². The maximum absolute atomic E-state index is 4.71. The van der Waals surface area contributed by atoms with Gasteiger partial charge in [0.2, 0.25) is 0 Å². The molecule has 5 aromatic rings. The summed E-state index contributed by atoms with van der Waals surface area (Å²) in [5.74, 6) is 0.678. The van der Waals surface area contributed by atoms with Crippen molar-refractivity contribution >= 4 is 27.6 Å². The minimum absolute atomic E-state index is 0.677. The first-order valence-corrected chi connectivity index (χ1v) is 9.33. The fraction of sp³-hybridized carbons (Fsp3) is 0.0455. The summed E-state index contributed by atoms with van der Waals surface area (Å²) >= 11 is 0. The third-order valence-corrected chi connectivity index (χ3v) is 5.10. The van der Waals surface area contributed by atoms with Crippen LogP contribution in [0.3, 0.4) is 0 Å². The number of aromatic amines is 2. The fourth-order valence-corrected chi connectivity index (χ4v) is 3.69. The number of hydrogen-bond acceptors (Lipinski definition) is 5. The van der Waals surface area contributed by atoms with Gasteiger partial charge >= 0.3 is 0 Å². The van der Waals surface area contributed by atoms with E-state index in [1.807, 2.05) is 24.3 Å². The van der Waals surface area contributed by atoms with Crippen LogP contribution >= 0.6 is 0 Å². The fourth-order valence-electron chi connectivity index (χ4n) is 3.69. The van der Waals surface area contributed by atoms with Gasteiger partial charge in [-0.2, -0.15) is 5.10 Å². The second kappa shape index (κ2) is 6.20. The number of nitrogens with zero attached hydrogens (tertiary/aromatic N) is 5. The SMILES string of the molecule is C1=CC(c2ccnc3nc(-c4n[nH]c5cnc(-c6cccnc6)cc45)[nH]c23)=CC1. The molecule has 0 spiro atoms. The lowest BCUT2D eigenvalue weighted by molar-refractivity contribution is 1.10. The van der Waals surface area contributed by atoms with Crippen LogP contribution in [0.15, 0.2) is 67.3 Å². The Morgan fingerprint density at radius 2 is 2.03 bits per heavy atom. The summed E-state index contributed by atoms with van der Waals surface area (Å²) in [6, 6.07) is 7.91. The summed E-state index contributed by atoms with van der Waals surface area (Å²) in [5, 5.41) is 8.48. The zero-order valence-corrected chi connectivity index (χ0v) is 15.3. The number of hydrogen-bond donors (Lipinski definition) is 2. The number of imidazole rings is 1. The van der Waals surface area contributed by atoms with Gasteiger partial charge < -0.3 is 4.98 Å². The van der Waals surface area contributed by atoms with Crippen LogP contribution in [0.25, 0.3) is 50.4 Å². The van der Waals surface area contributed by atoms with Crippen molar-refractivity contribution in [3.8, 4) is 22.8 Å². The third-order valence-electron chi connectivity index (χ3n) is 5.10. The molecule has 6 rings (SSSR count). The van der Waals surface area contributed by atoms with E-state index in [9.17, 15) is 0 Å². The molecule has 0 atom stereocenters. The maximum Gasteiger partial charge on any atom is 0.178 e. The first-order chi connectivity index (χ1) is 14.4. The quantitative estimate of drug-likeness (QED) is 0.489. The van der Waals surface area contributed by atoms with Crippen molar-refractivity contribution in [3.63, 3.8) is 0 Å². The van der Waals surface area contributed by atoms with Crippen molar-refractivity contribution in [2.45, 2.75) is 6.42 Å². The number of aromatic nitrogens is 7. The number of H-pyrrole nitrogens is 2. The minimum Gasteiger partial charge on any atom is -0.335 e. The molecular weight excluding hydrogens is 362 g/mol. The normalized spacial score (nSPS) is 13.4. The molecule has 138 valence electrons. The molecule has 0 saturated carbocycles. The Morgan fingerprint density at radius 1 is 1.03 bits per heavy atom. The van der Waals surface area contributed by atoms with E-state index in [0.29, 0.717) is 11.5 Å². The van der Waals surface area contributed by atoms with E-state index in [1.165, 1.54) is 5.57 Å². The molecule has 7 heteroatoms. The Bertz CT molecular complexity index is 1420. The van der Waals surface area contributed by atoms with E-state index in [0.717, 1.165) is 45.4 Å². The summed E-state index contributed by atoms with van der Waals surface area (Å²) in [6.07, 6.45) is 14.6. The molecule has 1 aliphatic carbocycles. The van der Waals surface area contributed by atoms with Gasteiger partial charge in [0.1, 0.15) is 5.69 Å². The highest BCUT2D eigenvalue weighted by Gasteiger charge is 2.17. The molecule has 0 amide bonds. The van der Waals surface area contributed by atoms with Crippen LogP contribution in [0.4, 0.5) is 0 Å². The van der Waals surface area contributed by atoms with Gasteiger partial charge in [-0.05, 0) is 36.3 Å². The summed E-state index contributed by atoms with van der Waals surface area (Å²) in [7, 11) is 0. The first kappa shape index (κ1) is 15.9. The summed E-state index contributed by atoms with van der Waals surface area (Å²) in [4.78, 5) is 21.3. The smallest absolute Gasteiger partial charge is 0.178 e. The zero-order chi connectivity index (χ0) is 19.2. The number of rotatable bonds is 3. The Balaban J connectivity index is 1.52. The van der Waals surface area contributed by atoms with Gasteiger partial charge in [-0.1, -0.05) is 18.2 Å². The molecule has 0 saturated heterocycles. The second-order valence-electron chi connectivity index (χ2n) is 6.87.